The zero-order valence-corrected chi connectivity index (χ0v) is 14.1. The van der Waals surface area contributed by atoms with E-state index < -0.39 is 0 Å². The van der Waals surface area contributed by atoms with Crippen LogP contribution in [0.25, 0.3) is 0 Å². The maximum Gasteiger partial charge on any atom is 0.234 e. The first-order chi connectivity index (χ1) is 10.5. The largest absolute Gasteiger partial charge is 0.325 e. The van der Waals surface area contributed by atoms with Gasteiger partial charge < -0.3 is 5.32 Å². The Hall–Kier alpha value is -1.89. The number of carbonyl (C=O) groups is 1. The summed E-state index contributed by atoms with van der Waals surface area (Å²) in [6, 6.07) is 5.96. The van der Waals surface area contributed by atoms with Crippen molar-refractivity contribution in [3.05, 3.63) is 29.3 Å². The average Bonchev–Trinajstić information content (AvgIpc) is 2.86. The summed E-state index contributed by atoms with van der Waals surface area (Å²) < 4.78 is 1.74. The number of anilines is 1. The van der Waals surface area contributed by atoms with E-state index in [1.165, 1.54) is 17.3 Å². The molecule has 0 radical (unpaired) electrons. The Morgan fingerprint density at radius 2 is 2.14 bits per heavy atom. The van der Waals surface area contributed by atoms with Crippen LogP contribution in [0.3, 0.4) is 0 Å². The van der Waals surface area contributed by atoms with E-state index in [4.69, 9.17) is 0 Å². The summed E-state index contributed by atoms with van der Waals surface area (Å²) in [6.07, 6.45) is 0. The molecule has 0 atom stereocenters. The predicted molar refractivity (Wildman–Crippen MR) is 87.9 cm³/mol. The van der Waals surface area contributed by atoms with E-state index in [1.807, 2.05) is 32.0 Å². The predicted octanol–water partition coefficient (Wildman–Crippen LogP) is 2.68. The van der Waals surface area contributed by atoms with Crippen LogP contribution in [-0.4, -0.2) is 31.9 Å². The second kappa shape index (κ2) is 7.40. The highest BCUT2D eigenvalue weighted by Crippen LogP contribution is 2.18. The van der Waals surface area contributed by atoms with Crippen molar-refractivity contribution in [3.8, 4) is 0 Å². The summed E-state index contributed by atoms with van der Waals surface area (Å²) in [7, 11) is 0. The van der Waals surface area contributed by atoms with Crippen LogP contribution >= 0.6 is 11.8 Å². The van der Waals surface area contributed by atoms with Gasteiger partial charge in [-0.1, -0.05) is 43.3 Å². The van der Waals surface area contributed by atoms with Crippen LogP contribution in [0.15, 0.2) is 23.4 Å². The third-order valence-electron chi connectivity index (χ3n) is 3.03. The van der Waals surface area contributed by atoms with Gasteiger partial charge in [0.1, 0.15) is 0 Å². The minimum Gasteiger partial charge on any atom is -0.325 e. The molecule has 0 unspecified atom stereocenters. The second-order valence-corrected chi connectivity index (χ2v) is 6.64. The quantitative estimate of drug-likeness (QED) is 0.829. The molecule has 1 amide bonds. The molecule has 1 heterocycles. The minimum absolute atomic E-state index is 0.0592. The third kappa shape index (κ3) is 4.56. The zero-order valence-electron chi connectivity index (χ0n) is 13.3. The molecule has 1 aromatic heterocycles. The lowest BCUT2D eigenvalue weighted by Crippen LogP contribution is -2.16. The number of aromatic nitrogens is 4. The molecule has 7 heteroatoms. The van der Waals surface area contributed by atoms with Crippen molar-refractivity contribution >= 4 is 23.4 Å². The van der Waals surface area contributed by atoms with Crippen LogP contribution in [0.1, 0.15) is 25.0 Å². The van der Waals surface area contributed by atoms with Crippen molar-refractivity contribution in [3.63, 3.8) is 0 Å². The second-order valence-electron chi connectivity index (χ2n) is 5.69. The van der Waals surface area contributed by atoms with Crippen LogP contribution in [-0.2, 0) is 11.3 Å². The number of rotatable bonds is 6. The van der Waals surface area contributed by atoms with E-state index in [9.17, 15) is 4.79 Å². The fourth-order valence-electron chi connectivity index (χ4n) is 2.03. The molecule has 0 aliphatic carbocycles. The highest BCUT2D eigenvalue weighted by atomic mass is 32.2. The summed E-state index contributed by atoms with van der Waals surface area (Å²) >= 11 is 1.35. The number of nitrogens with one attached hydrogen (secondary N) is 1. The summed E-state index contributed by atoms with van der Waals surface area (Å²) in [5.41, 5.74) is 3.08. The van der Waals surface area contributed by atoms with Crippen LogP contribution in [0.2, 0.25) is 0 Å². The number of hydrogen-bond acceptors (Lipinski definition) is 5. The van der Waals surface area contributed by atoms with E-state index in [-0.39, 0.29) is 11.7 Å². The highest BCUT2D eigenvalue weighted by Gasteiger charge is 2.11. The first-order valence-electron chi connectivity index (χ1n) is 7.21. The van der Waals surface area contributed by atoms with Crippen LogP contribution < -0.4 is 5.32 Å². The fraction of sp³-hybridized carbons (Fsp3) is 0.467. The molecule has 2 rings (SSSR count). The lowest BCUT2D eigenvalue weighted by molar-refractivity contribution is -0.113. The van der Waals surface area contributed by atoms with Gasteiger partial charge >= 0.3 is 0 Å². The molecular formula is C15H21N5OS. The molecule has 1 aromatic carbocycles. The maximum atomic E-state index is 12.1. The number of hydrogen-bond donors (Lipinski definition) is 1. The topological polar surface area (TPSA) is 72.7 Å². The van der Waals surface area contributed by atoms with Gasteiger partial charge in [0.15, 0.2) is 0 Å². The van der Waals surface area contributed by atoms with Gasteiger partial charge in [-0.2, -0.15) is 0 Å². The van der Waals surface area contributed by atoms with Gasteiger partial charge in [-0.3, -0.25) is 4.79 Å². The van der Waals surface area contributed by atoms with E-state index in [0.29, 0.717) is 11.1 Å². The van der Waals surface area contributed by atoms with Gasteiger partial charge in [0.05, 0.1) is 5.75 Å². The van der Waals surface area contributed by atoms with E-state index in [1.54, 1.807) is 4.68 Å². The van der Waals surface area contributed by atoms with E-state index in [0.717, 1.165) is 17.8 Å². The molecule has 0 fully saturated rings. The first-order valence-corrected chi connectivity index (χ1v) is 8.20. The third-order valence-corrected chi connectivity index (χ3v) is 3.98. The van der Waals surface area contributed by atoms with Gasteiger partial charge in [0.2, 0.25) is 11.1 Å². The number of thioether (sulfide) groups is 1. The molecule has 0 aliphatic heterocycles. The number of aryl methyl sites for hydroxylation is 2. The van der Waals surface area contributed by atoms with Crippen molar-refractivity contribution in [1.82, 2.24) is 20.2 Å². The van der Waals surface area contributed by atoms with Gasteiger partial charge in [-0.15, -0.1) is 5.10 Å². The summed E-state index contributed by atoms with van der Waals surface area (Å²) in [6.45, 7) is 8.96. The monoisotopic (exact) mass is 319 g/mol. The molecule has 0 saturated carbocycles. The van der Waals surface area contributed by atoms with Crippen molar-refractivity contribution in [2.24, 2.45) is 5.92 Å². The number of nitrogens with zero attached hydrogens (tertiary/aromatic N) is 4. The Kier molecular flexibility index (Phi) is 5.54. The number of benzene rings is 1. The SMILES string of the molecule is Cc1ccc(NC(=O)CSc2nnnn2CC(C)C)c(C)c1. The number of tetrazole rings is 1. The summed E-state index contributed by atoms with van der Waals surface area (Å²) in [5, 5.41) is 15.2. The average molecular weight is 319 g/mol. The molecule has 1 N–H and O–H groups in total. The van der Waals surface area contributed by atoms with Crippen molar-refractivity contribution in [1.29, 1.82) is 0 Å². The van der Waals surface area contributed by atoms with Gasteiger partial charge in [0.25, 0.3) is 0 Å². The van der Waals surface area contributed by atoms with Crippen molar-refractivity contribution in [2.45, 2.75) is 39.4 Å². The lowest BCUT2D eigenvalue weighted by atomic mass is 10.1. The Morgan fingerprint density at radius 1 is 1.36 bits per heavy atom. The van der Waals surface area contributed by atoms with E-state index >= 15 is 0 Å². The highest BCUT2D eigenvalue weighted by molar-refractivity contribution is 7.99. The molecule has 0 bridgehead atoms. The van der Waals surface area contributed by atoms with E-state index in [2.05, 4.69) is 34.7 Å². The summed E-state index contributed by atoms with van der Waals surface area (Å²) in [5.74, 6) is 0.675. The van der Waals surface area contributed by atoms with Gasteiger partial charge in [-0.25, -0.2) is 4.68 Å². The lowest BCUT2D eigenvalue weighted by Gasteiger charge is -2.09. The zero-order chi connectivity index (χ0) is 16.1. The van der Waals surface area contributed by atoms with Crippen molar-refractivity contribution < 1.29 is 4.79 Å². The molecule has 118 valence electrons. The number of amides is 1. The Labute approximate surface area is 134 Å². The van der Waals surface area contributed by atoms with Crippen molar-refractivity contribution in [2.75, 3.05) is 11.1 Å². The van der Waals surface area contributed by atoms with Crippen LogP contribution in [0.5, 0.6) is 0 Å². The molecule has 0 aliphatic rings. The Morgan fingerprint density at radius 3 is 2.82 bits per heavy atom. The molecule has 2 aromatic rings. The first kappa shape index (κ1) is 16.5. The van der Waals surface area contributed by atoms with Gasteiger partial charge in [-0.05, 0) is 41.8 Å². The normalized spacial score (nSPS) is 11.0. The van der Waals surface area contributed by atoms with Crippen LogP contribution in [0, 0.1) is 19.8 Å². The Balaban J connectivity index is 1.92. The molecule has 22 heavy (non-hydrogen) atoms. The molecule has 6 nitrogen and oxygen atoms in total. The number of carbonyl (C=O) groups excluding carboxylic acids is 1. The minimum atomic E-state index is -0.0592. The Bertz CT molecular complexity index is 653. The maximum absolute atomic E-state index is 12.1. The molecule has 0 spiro atoms. The standard InChI is InChI=1S/C15H21N5OS/c1-10(2)8-20-15(17-18-19-20)22-9-14(21)16-13-6-5-11(3)7-12(13)4/h5-7,10H,8-9H2,1-4H3,(H,16,21). The fourth-order valence-corrected chi connectivity index (χ4v) is 2.72. The van der Waals surface area contributed by atoms with Gasteiger partial charge in [0, 0.05) is 12.2 Å². The smallest absolute Gasteiger partial charge is 0.234 e. The molecular weight excluding hydrogens is 298 g/mol. The summed E-state index contributed by atoms with van der Waals surface area (Å²) in [4.78, 5) is 12.1. The molecule has 0 saturated heterocycles. The van der Waals surface area contributed by atoms with Crippen LogP contribution in [0.4, 0.5) is 5.69 Å².